The molecule has 0 bridgehead atoms. The Morgan fingerprint density at radius 3 is 1.70 bits per heavy atom. The van der Waals surface area contributed by atoms with Crippen LogP contribution >= 0.6 is 0 Å². The highest BCUT2D eigenvalue weighted by molar-refractivity contribution is 5.98. The number of carboxylic acids is 1. The van der Waals surface area contributed by atoms with Crippen molar-refractivity contribution in [3.8, 4) is 0 Å². The van der Waals surface area contributed by atoms with Gasteiger partial charge in [0.25, 0.3) is 0 Å². The Bertz CT molecular complexity index is 1390. The topological polar surface area (TPSA) is 80.4 Å². The van der Waals surface area contributed by atoms with Crippen LogP contribution in [0.4, 0.5) is 0 Å². The van der Waals surface area contributed by atoms with Crippen molar-refractivity contribution in [2.24, 2.45) is 11.1 Å². The molecule has 3 N–H and O–H groups in total. The number of Topliss-reactive ketones (excluding diaryl/α,β-unsaturated/α-hetero) is 1. The molecule has 40 heavy (non-hydrogen) atoms. The third-order valence-corrected chi connectivity index (χ3v) is 9.83. The molecular weight excluding hydrogens is 494 g/mol. The van der Waals surface area contributed by atoms with Gasteiger partial charge in [0.1, 0.15) is 0 Å². The summed E-state index contributed by atoms with van der Waals surface area (Å²) in [6.07, 6.45) is 12.4. The maximum atomic E-state index is 12.7. The number of ketones is 1. The van der Waals surface area contributed by atoms with E-state index in [1.165, 1.54) is 51.8 Å². The van der Waals surface area contributed by atoms with Crippen molar-refractivity contribution in [3.63, 3.8) is 0 Å². The average Bonchev–Trinajstić information content (AvgIpc) is 3.47. The number of hydrogen-bond acceptors (Lipinski definition) is 3. The second-order valence-corrected chi connectivity index (χ2v) is 12.7. The van der Waals surface area contributed by atoms with E-state index in [1.54, 1.807) is 6.92 Å². The number of aromatic carboxylic acids is 1. The van der Waals surface area contributed by atoms with Crippen molar-refractivity contribution >= 4 is 11.8 Å². The van der Waals surface area contributed by atoms with E-state index in [-0.39, 0.29) is 17.2 Å². The number of carbonyl (C=O) groups excluding carboxylic acids is 1. The van der Waals surface area contributed by atoms with Crippen molar-refractivity contribution in [2.45, 2.75) is 96.9 Å². The molecule has 0 aromatic heterocycles. The smallest absolute Gasteiger partial charge is 0.336 e. The van der Waals surface area contributed by atoms with E-state index < -0.39 is 5.97 Å². The van der Waals surface area contributed by atoms with Crippen LogP contribution in [0.15, 0.2) is 42.5 Å². The molecule has 4 aliphatic carbocycles. The van der Waals surface area contributed by atoms with Crippen molar-refractivity contribution in [3.05, 3.63) is 104 Å². The van der Waals surface area contributed by atoms with Crippen LogP contribution in [-0.2, 0) is 51.4 Å². The largest absolute Gasteiger partial charge is 0.478 e. The highest BCUT2D eigenvalue weighted by Gasteiger charge is 2.46. The first-order valence-corrected chi connectivity index (χ1v) is 15.1. The third kappa shape index (κ3) is 4.81. The number of aryl methyl sites for hydroxylation is 2. The van der Waals surface area contributed by atoms with Gasteiger partial charge in [0, 0.05) is 11.6 Å². The number of rotatable bonds is 3. The fraction of sp³-hybridized carbons (Fsp3) is 0.444. The van der Waals surface area contributed by atoms with E-state index in [2.05, 4.69) is 12.1 Å². The lowest BCUT2D eigenvalue weighted by molar-refractivity contribution is 0.0693. The summed E-state index contributed by atoms with van der Waals surface area (Å²) in [4.78, 5) is 25.1. The molecule has 1 spiro atoms. The van der Waals surface area contributed by atoms with Crippen LogP contribution in [0.1, 0.15) is 116 Å². The van der Waals surface area contributed by atoms with Crippen LogP contribution < -0.4 is 5.73 Å². The molecule has 4 heteroatoms. The Hall–Kier alpha value is -3.24. The summed E-state index contributed by atoms with van der Waals surface area (Å²) in [7, 11) is 0. The van der Waals surface area contributed by atoms with Crippen molar-refractivity contribution < 1.29 is 14.7 Å². The van der Waals surface area contributed by atoms with Gasteiger partial charge in [-0.25, -0.2) is 4.79 Å². The molecule has 0 amide bonds. The normalized spacial score (nSPS) is 21.0. The Labute approximate surface area is 238 Å². The van der Waals surface area contributed by atoms with Crippen LogP contribution in [0.5, 0.6) is 0 Å². The Kier molecular flexibility index (Phi) is 7.16. The molecule has 0 saturated carbocycles. The minimum atomic E-state index is -0.748. The van der Waals surface area contributed by atoms with Gasteiger partial charge in [-0.2, -0.15) is 0 Å². The molecule has 4 aliphatic rings. The molecular formula is C36H41NO3. The van der Waals surface area contributed by atoms with Gasteiger partial charge in [0.2, 0.25) is 0 Å². The van der Waals surface area contributed by atoms with Gasteiger partial charge in [0.15, 0.2) is 5.78 Å². The Morgan fingerprint density at radius 1 is 0.725 bits per heavy atom. The predicted octanol–water partition coefficient (Wildman–Crippen LogP) is 6.94. The second-order valence-electron chi connectivity index (χ2n) is 12.7. The second kappa shape index (κ2) is 10.6. The van der Waals surface area contributed by atoms with Crippen molar-refractivity contribution in [1.82, 2.24) is 0 Å². The summed E-state index contributed by atoms with van der Waals surface area (Å²) < 4.78 is 0. The Morgan fingerprint density at radius 2 is 1.23 bits per heavy atom. The monoisotopic (exact) mass is 535 g/mol. The molecule has 0 radical (unpaired) electrons. The third-order valence-electron chi connectivity index (χ3n) is 9.83. The maximum Gasteiger partial charge on any atom is 0.336 e. The van der Waals surface area contributed by atoms with Gasteiger partial charge in [-0.05, 0) is 146 Å². The first-order valence-electron chi connectivity index (χ1n) is 15.1. The molecule has 208 valence electrons. The van der Waals surface area contributed by atoms with E-state index in [0.29, 0.717) is 5.56 Å². The van der Waals surface area contributed by atoms with Crippen molar-refractivity contribution in [1.29, 1.82) is 0 Å². The summed E-state index contributed by atoms with van der Waals surface area (Å²) in [6, 6.07) is 15.0. The zero-order valence-electron chi connectivity index (χ0n) is 23.9. The van der Waals surface area contributed by atoms with E-state index in [1.807, 2.05) is 37.3 Å². The fourth-order valence-corrected chi connectivity index (χ4v) is 8.12. The SMILES string of the molecule is CC(=O)c1c2c(cc3c1CC1(C3)Cc3cc4c(c(C(=O)O)c3C1)CCCC4)CCCC2.CC(N)c1ccccc1. The minimum absolute atomic E-state index is 0.0486. The molecule has 3 aromatic rings. The van der Waals surface area contributed by atoms with Gasteiger partial charge < -0.3 is 10.8 Å². The van der Waals surface area contributed by atoms with Crippen LogP contribution in [0, 0.1) is 5.41 Å². The lowest BCUT2D eigenvalue weighted by atomic mass is 9.80. The molecule has 0 fully saturated rings. The van der Waals surface area contributed by atoms with Crippen LogP contribution in [0.2, 0.25) is 0 Å². The number of carbonyl (C=O) groups is 2. The molecule has 7 rings (SSSR count). The zero-order chi connectivity index (χ0) is 28.0. The summed E-state index contributed by atoms with van der Waals surface area (Å²) in [6.45, 7) is 3.71. The van der Waals surface area contributed by atoms with Crippen LogP contribution in [0.25, 0.3) is 0 Å². The standard InChI is InChI=1S/C28H30O3.C8H11N/c1-16(29)25-21-8-4-2-6-17(21)10-19-12-28(14-23(19)25)13-20-11-18-7-3-5-9-22(18)26(27(30)31)24(20)15-28;1-7(9)8-5-3-2-4-6-8/h10-11H,2-9,12-15H2,1H3,(H,30,31);2-7H,9H2,1H3. The highest BCUT2D eigenvalue weighted by Crippen LogP contribution is 2.51. The lowest BCUT2D eigenvalue weighted by Gasteiger charge is -2.23. The number of hydrogen-bond donors (Lipinski definition) is 2. The minimum Gasteiger partial charge on any atom is -0.478 e. The van der Waals surface area contributed by atoms with Crippen molar-refractivity contribution in [2.75, 3.05) is 0 Å². The number of nitrogens with two attached hydrogens (primary N) is 1. The zero-order valence-corrected chi connectivity index (χ0v) is 23.9. The van der Waals surface area contributed by atoms with Gasteiger partial charge in [-0.15, -0.1) is 0 Å². The predicted molar refractivity (Wildman–Crippen MR) is 159 cm³/mol. The first-order chi connectivity index (χ1) is 19.3. The molecule has 2 unspecified atom stereocenters. The number of benzene rings is 3. The number of carboxylic acid groups (broad SMARTS) is 1. The van der Waals surface area contributed by atoms with Crippen LogP contribution in [-0.4, -0.2) is 16.9 Å². The maximum absolute atomic E-state index is 12.7. The summed E-state index contributed by atoms with van der Waals surface area (Å²) in [5, 5.41) is 10.1. The van der Waals surface area contributed by atoms with Gasteiger partial charge in [0.05, 0.1) is 5.56 Å². The van der Waals surface area contributed by atoms with Gasteiger partial charge in [-0.1, -0.05) is 42.5 Å². The Balaban J connectivity index is 0.000000276. The summed E-state index contributed by atoms with van der Waals surface area (Å²) in [5.41, 5.74) is 18.6. The molecule has 3 aromatic carbocycles. The highest BCUT2D eigenvalue weighted by atomic mass is 16.4. The molecule has 2 atom stereocenters. The van der Waals surface area contributed by atoms with Gasteiger partial charge in [-0.3, -0.25) is 4.79 Å². The van der Waals surface area contributed by atoms with E-state index >= 15 is 0 Å². The number of fused-ring (bicyclic) bond motifs is 4. The first kappa shape index (κ1) is 27.0. The summed E-state index contributed by atoms with van der Waals surface area (Å²) >= 11 is 0. The summed E-state index contributed by atoms with van der Waals surface area (Å²) in [5.74, 6) is -0.535. The fourth-order valence-electron chi connectivity index (χ4n) is 8.12. The quantitative estimate of drug-likeness (QED) is 0.356. The van der Waals surface area contributed by atoms with Crippen LogP contribution in [0.3, 0.4) is 0 Å². The molecule has 0 saturated heterocycles. The average molecular weight is 536 g/mol. The lowest BCUT2D eigenvalue weighted by Crippen LogP contribution is -2.22. The van der Waals surface area contributed by atoms with Gasteiger partial charge >= 0.3 is 5.97 Å². The molecule has 0 aliphatic heterocycles. The molecule has 4 nitrogen and oxygen atoms in total. The van der Waals surface area contributed by atoms with E-state index in [4.69, 9.17) is 5.73 Å². The van der Waals surface area contributed by atoms with E-state index in [9.17, 15) is 14.7 Å². The molecule has 0 heterocycles. The van der Waals surface area contributed by atoms with E-state index in [0.717, 1.165) is 80.9 Å².